The standard InChI is InChI=1S/C3H7BINO/c1-2-3-4(5)6-7/h2-3H2,1H3. The van der Waals surface area contributed by atoms with E-state index in [9.17, 15) is 4.91 Å². The first-order valence-electron chi connectivity index (χ1n) is 2.27. The second-order valence-electron chi connectivity index (χ2n) is 1.33. The molecule has 0 aliphatic carbocycles. The summed E-state index contributed by atoms with van der Waals surface area (Å²) in [4.78, 5) is 9.64. The van der Waals surface area contributed by atoms with Crippen LogP contribution in [-0.4, -0.2) is 4.70 Å². The minimum Gasteiger partial charge on any atom is -0.167 e. The van der Waals surface area contributed by atoms with Gasteiger partial charge in [-0.05, 0) is 6.32 Å². The van der Waals surface area contributed by atoms with Crippen molar-refractivity contribution in [3.63, 3.8) is 0 Å². The predicted molar refractivity (Wildman–Crippen MR) is 40.7 cm³/mol. The summed E-state index contributed by atoms with van der Waals surface area (Å²) >= 11 is 2.03. The fourth-order valence-corrected chi connectivity index (χ4v) is 0.914. The maximum Gasteiger partial charge on any atom is 0.405 e. The molecule has 0 saturated heterocycles. The van der Waals surface area contributed by atoms with E-state index >= 15 is 0 Å². The lowest BCUT2D eigenvalue weighted by atomic mass is 9.89. The molecule has 0 bridgehead atoms. The third-order valence-corrected chi connectivity index (χ3v) is 1.49. The lowest BCUT2D eigenvalue weighted by Crippen LogP contribution is -1.93. The summed E-state index contributed by atoms with van der Waals surface area (Å²) in [6.07, 6.45) is 1.95. The molecular weight excluding hydrogens is 204 g/mol. The average molecular weight is 211 g/mol. The van der Waals surface area contributed by atoms with E-state index in [2.05, 4.69) is 5.09 Å². The van der Waals surface area contributed by atoms with Crippen LogP contribution in [0.5, 0.6) is 0 Å². The summed E-state index contributed by atoms with van der Waals surface area (Å²) in [6.45, 7) is 2.04. The summed E-state index contributed by atoms with van der Waals surface area (Å²) in [7, 11) is 0. The van der Waals surface area contributed by atoms with Crippen LogP contribution in [0.3, 0.4) is 0 Å². The van der Waals surface area contributed by atoms with Crippen molar-refractivity contribution in [2.24, 2.45) is 5.09 Å². The zero-order valence-electron chi connectivity index (χ0n) is 4.22. The molecule has 2 nitrogen and oxygen atoms in total. The summed E-state index contributed by atoms with van der Waals surface area (Å²) in [5, 5.41) is 2.81. The summed E-state index contributed by atoms with van der Waals surface area (Å²) < 4.78 is -0.0115. The van der Waals surface area contributed by atoms with Crippen LogP contribution < -0.4 is 0 Å². The van der Waals surface area contributed by atoms with Crippen molar-refractivity contribution in [2.75, 3.05) is 0 Å². The van der Waals surface area contributed by atoms with Crippen LogP contribution in [0.1, 0.15) is 13.3 Å². The molecule has 40 valence electrons. The van der Waals surface area contributed by atoms with Crippen LogP contribution in [0.25, 0.3) is 0 Å². The predicted octanol–water partition coefficient (Wildman–Crippen LogP) is 2.09. The third-order valence-electron chi connectivity index (χ3n) is 0.641. The molecule has 0 aromatic heterocycles. The molecule has 0 rings (SSSR count). The number of nitroso groups, excluding NO2 is 1. The van der Waals surface area contributed by atoms with Crippen molar-refractivity contribution >= 4 is 27.1 Å². The Hall–Kier alpha value is 0.395. The number of halogens is 1. The van der Waals surface area contributed by atoms with Crippen molar-refractivity contribution in [1.82, 2.24) is 0 Å². The minimum atomic E-state index is -0.0115. The Balaban J connectivity index is 2.98. The largest absolute Gasteiger partial charge is 0.405 e. The van der Waals surface area contributed by atoms with Gasteiger partial charge in [0, 0.05) is 0 Å². The van der Waals surface area contributed by atoms with Gasteiger partial charge in [0.05, 0.1) is 0 Å². The molecule has 0 spiro atoms. The molecule has 0 unspecified atom stereocenters. The number of hydrogen-bond donors (Lipinski definition) is 0. The molecule has 0 amide bonds. The Morgan fingerprint density at radius 1 is 1.86 bits per heavy atom. The summed E-state index contributed by atoms with van der Waals surface area (Å²) in [5.41, 5.74) is 0. The van der Waals surface area contributed by atoms with Crippen molar-refractivity contribution in [3.8, 4) is 0 Å². The Morgan fingerprint density at radius 2 is 2.43 bits per heavy atom. The second kappa shape index (κ2) is 4.55. The van der Waals surface area contributed by atoms with E-state index in [-0.39, 0.29) is 4.70 Å². The fraction of sp³-hybridized carbons (Fsp3) is 1.00. The van der Waals surface area contributed by atoms with Crippen LogP contribution in [0.2, 0.25) is 6.32 Å². The lowest BCUT2D eigenvalue weighted by Gasteiger charge is -1.85. The maximum absolute atomic E-state index is 9.64. The Kier molecular flexibility index (Phi) is 4.81. The van der Waals surface area contributed by atoms with Crippen LogP contribution in [0, 0.1) is 4.91 Å². The van der Waals surface area contributed by atoms with E-state index in [1.54, 1.807) is 0 Å². The Morgan fingerprint density at radius 3 is 2.57 bits per heavy atom. The molecule has 0 N–H and O–H groups in total. The van der Waals surface area contributed by atoms with Gasteiger partial charge in [-0.3, -0.25) is 0 Å². The zero-order chi connectivity index (χ0) is 5.70. The van der Waals surface area contributed by atoms with Gasteiger partial charge >= 0.3 is 4.70 Å². The highest BCUT2D eigenvalue weighted by molar-refractivity contribution is 14.1. The molecule has 0 fully saturated rings. The minimum absolute atomic E-state index is 0.0115. The van der Waals surface area contributed by atoms with Crippen LogP contribution >= 0.6 is 22.4 Å². The molecule has 0 aromatic rings. The van der Waals surface area contributed by atoms with E-state index < -0.39 is 0 Å². The van der Waals surface area contributed by atoms with Gasteiger partial charge in [-0.25, -0.2) is 0 Å². The number of nitrogens with zero attached hydrogens (tertiary/aromatic N) is 1. The van der Waals surface area contributed by atoms with Crippen LogP contribution in [0.15, 0.2) is 5.09 Å². The van der Waals surface area contributed by atoms with E-state index in [4.69, 9.17) is 0 Å². The lowest BCUT2D eigenvalue weighted by molar-refractivity contribution is 1.07. The normalized spacial score (nSPS) is 8.29. The highest BCUT2D eigenvalue weighted by atomic mass is 127. The van der Waals surface area contributed by atoms with Crippen LogP contribution in [-0.2, 0) is 0 Å². The van der Waals surface area contributed by atoms with Gasteiger partial charge in [0.1, 0.15) is 0 Å². The van der Waals surface area contributed by atoms with Gasteiger partial charge < -0.3 is 0 Å². The molecule has 4 heteroatoms. The van der Waals surface area contributed by atoms with Gasteiger partial charge in [0.25, 0.3) is 0 Å². The molecule has 0 aromatic carbocycles. The second-order valence-corrected chi connectivity index (χ2v) is 2.77. The first-order valence-corrected chi connectivity index (χ1v) is 3.52. The van der Waals surface area contributed by atoms with Crippen molar-refractivity contribution in [3.05, 3.63) is 4.91 Å². The van der Waals surface area contributed by atoms with Gasteiger partial charge in [0.2, 0.25) is 0 Å². The smallest absolute Gasteiger partial charge is 0.167 e. The molecule has 0 saturated carbocycles. The van der Waals surface area contributed by atoms with Crippen molar-refractivity contribution in [1.29, 1.82) is 0 Å². The van der Waals surface area contributed by atoms with E-state index in [0.717, 1.165) is 12.7 Å². The van der Waals surface area contributed by atoms with E-state index in [1.807, 2.05) is 29.3 Å². The molecular formula is C3H7BINO. The highest BCUT2D eigenvalue weighted by Crippen LogP contribution is 2.04. The summed E-state index contributed by atoms with van der Waals surface area (Å²) in [6, 6.07) is 0. The first-order chi connectivity index (χ1) is 3.31. The third kappa shape index (κ3) is 4.24. The number of hydrogen-bond acceptors (Lipinski definition) is 2. The zero-order valence-corrected chi connectivity index (χ0v) is 6.38. The quantitative estimate of drug-likeness (QED) is 0.399. The summed E-state index contributed by atoms with van der Waals surface area (Å²) in [5.74, 6) is 0. The molecule has 0 radical (unpaired) electrons. The van der Waals surface area contributed by atoms with Crippen molar-refractivity contribution in [2.45, 2.75) is 19.7 Å². The first kappa shape index (κ1) is 7.39. The molecule has 0 heterocycles. The van der Waals surface area contributed by atoms with Crippen molar-refractivity contribution < 1.29 is 0 Å². The Labute approximate surface area is 57.0 Å². The number of rotatable bonds is 3. The van der Waals surface area contributed by atoms with Gasteiger partial charge in [-0.1, -0.05) is 13.3 Å². The van der Waals surface area contributed by atoms with E-state index in [0.29, 0.717) is 0 Å². The topological polar surface area (TPSA) is 29.4 Å². The molecule has 0 aliphatic heterocycles. The highest BCUT2D eigenvalue weighted by Gasteiger charge is 2.06. The van der Waals surface area contributed by atoms with Gasteiger partial charge in [-0.15, -0.1) is 27.5 Å². The molecule has 0 aliphatic rings. The van der Waals surface area contributed by atoms with E-state index in [1.165, 1.54) is 0 Å². The van der Waals surface area contributed by atoms with Crippen LogP contribution in [0.4, 0.5) is 0 Å². The average Bonchev–Trinajstić information content (AvgIpc) is 1.68. The maximum atomic E-state index is 9.64. The Bertz CT molecular complexity index is 60.9. The molecule has 7 heavy (non-hydrogen) atoms. The van der Waals surface area contributed by atoms with Gasteiger partial charge in [0.15, 0.2) is 0 Å². The molecule has 0 atom stereocenters. The van der Waals surface area contributed by atoms with Gasteiger partial charge in [-0.2, -0.15) is 4.91 Å². The monoisotopic (exact) mass is 211 g/mol. The SMILES string of the molecule is CCCB(I)N=O. The fourth-order valence-electron chi connectivity index (χ4n) is 0.291.